The van der Waals surface area contributed by atoms with Crippen LogP contribution in [-0.2, 0) is 6.54 Å². The number of hydrogen-bond donors (Lipinski definition) is 1. The van der Waals surface area contributed by atoms with Crippen LogP contribution in [0.1, 0.15) is 20.8 Å². The van der Waals surface area contributed by atoms with Crippen molar-refractivity contribution in [1.29, 1.82) is 0 Å². The lowest BCUT2D eigenvalue weighted by Crippen LogP contribution is -2.25. The van der Waals surface area contributed by atoms with E-state index in [1.54, 1.807) is 23.3 Å². The van der Waals surface area contributed by atoms with E-state index in [1.165, 1.54) is 11.3 Å². The molecule has 0 aliphatic rings. The minimum absolute atomic E-state index is 0.00758. The van der Waals surface area contributed by atoms with Crippen molar-refractivity contribution in [1.82, 2.24) is 4.90 Å². The summed E-state index contributed by atoms with van der Waals surface area (Å²) in [7, 11) is 1.80. The van der Waals surface area contributed by atoms with Gasteiger partial charge >= 0.3 is 0 Å². The first-order valence-electron chi connectivity index (χ1n) is 5.98. The third-order valence-electron chi connectivity index (χ3n) is 2.62. The second kappa shape index (κ2) is 7.56. The molecule has 0 bridgehead atoms. The highest BCUT2D eigenvalue weighted by Gasteiger charge is 2.18. The van der Waals surface area contributed by atoms with E-state index < -0.39 is 0 Å². The lowest BCUT2D eigenvalue weighted by atomic mass is 10.2. The first kappa shape index (κ1) is 16.7. The van der Waals surface area contributed by atoms with Crippen LogP contribution in [0, 0.1) is 11.8 Å². The summed E-state index contributed by atoms with van der Waals surface area (Å²) in [5.74, 6) is 5.81. The van der Waals surface area contributed by atoms with Crippen molar-refractivity contribution in [3.8, 4) is 11.8 Å². The average molecular weight is 448 g/mol. The highest BCUT2D eigenvalue weighted by Crippen LogP contribution is 2.32. The molecule has 0 aromatic carbocycles. The van der Waals surface area contributed by atoms with Gasteiger partial charge in [0.05, 0.1) is 26.2 Å². The predicted molar refractivity (Wildman–Crippen MR) is 95.8 cm³/mol. The second-order valence-corrected chi connectivity index (χ2v) is 8.95. The van der Waals surface area contributed by atoms with Crippen molar-refractivity contribution >= 4 is 60.4 Å². The van der Waals surface area contributed by atoms with E-state index >= 15 is 0 Å². The Morgan fingerprint density at radius 2 is 2.19 bits per heavy atom. The Hall–Kier alpha value is -0.650. The molecule has 1 amide bonds. The maximum atomic E-state index is 12.4. The van der Waals surface area contributed by atoms with Crippen molar-refractivity contribution < 1.29 is 4.79 Å². The summed E-state index contributed by atoms with van der Waals surface area (Å²) in [5, 5.41) is 1.98. The Bertz CT molecular complexity index is 712. The second-order valence-electron chi connectivity index (χ2n) is 4.21. The summed E-state index contributed by atoms with van der Waals surface area (Å²) in [5.41, 5.74) is 6.97. The fourth-order valence-electron chi connectivity index (χ4n) is 1.68. The summed E-state index contributed by atoms with van der Waals surface area (Å²) in [6.45, 7) is 0.915. The minimum Gasteiger partial charge on any atom is -0.337 e. The van der Waals surface area contributed by atoms with Gasteiger partial charge in [0.2, 0.25) is 0 Å². The van der Waals surface area contributed by atoms with E-state index in [2.05, 4.69) is 43.7 Å². The molecule has 0 spiro atoms. The zero-order valence-electron chi connectivity index (χ0n) is 11.2. The fraction of sp³-hybridized carbons (Fsp3) is 0.214. The first-order valence-corrected chi connectivity index (χ1v) is 9.26. The van der Waals surface area contributed by atoms with Gasteiger partial charge in [-0.25, -0.2) is 0 Å². The molecule has 2 aromatic heterocycles. The highest BCUT2D eigenvalue weighted by molar-refractivity contribution is 9.12. The molecule has 110 valence electrons. The molecule has 2 rings (SSSR count). The summed E-state index contributed by atoms with van der Waals surface area (Å²) >= 11 is 9.89. The lowest BCUT2D eigenvalue weighted by molar-refractivity contribution is 0.0786. The maximum absolute atomic E-state index is 12.4. The first-order chi connectivity index (χ1) is 10.0. The van der Waals surface area contributed by atoms with Gasteiger partial charge in [0.15, 0.2) is 0 Å². The molecule has 2 aromatic rings. The lowest BCUT2D eigenvalue weighted by Gasteiger charge is -2.15. The Morgan fingerprint density at radius 1 is 1.43 bits per heavy atom. The van der Waals surface area contributed by atoms with Crippen LogP contribution in [0.5, 0.6) is 0 Å². The Kier molecular flexibility index (Phi) is 6.02. The molecule has 0 unspecified atom stereocenters. The molecule has 0 saturated heterocycles. The number of amides is 1. The van der Waals surface area contributed by atoms with Gasteiger partial charge in [-0.05, 0) is 44.0 Å². The van der Waals surface area contributed by atoms with E-state index in [4.69, 9.17) is 5.73 Å². The number of hydrogen-bond acceptors (Lipinski definition) is 4. The number of carbonyl (C=O) groups is 1. The Balaban J connectivity index is 2.07. The van der Waals surface area contributed by atoms with Gasteiger partial charge in [-0.15, -0.1) is 22.7 Å². The molecule has 2 N–H and O–H groups in total. The zero-order valence-corrected chi connectivity index (χ0v) is 16.0. The fourth-order valence-corrected chi connectivity index (χ4v) is 5.33. The van der Waals surface area contributed by atoms with Crippen LogP contribution < -0.4 is 5.73 Å². The molecular weight excluding hydrogens is 436 g/mol. The number of nitrogens with zero attached hydrogens (tertiary/aromatic N) is 1. The van der Waals surface area contributed by atoms with Gasteiger partial charge in [0.1, 0.15) is 0 Å². The van der Waals surface area contributed by atoms with E-state index in [0.717, 1.165) is 18.0 Å². The third-order valence-corrected chi connectivity index (χ3v) is 5.88. The summed E-state index contributed by atoms with van der Waals surface area (Å²) in [4.78, 5) is 15.2. The predicted octanol–water partition coefficient (Wildman–Crippen LogP) is 3.92. The average Bonchev–Trinajstić information content (AvgIpc) is 3.02. The van der Waals surface area contributed by atoms with Crippen LogP contribution in [0.4, 0.5) is 0 Å². The normalized spacial score (nSPS) is 10.1. The minimum atomic E-state index is -0.00758. The summed E-state index contributed by atoms with van der Waals surface area (Å²) in [6.07, 6.45) is 0. The molecule has 2 heterocycles. The Labute approximate surface area is 148 Å². The van der Waals surface area contributed by atoms with Crippen molar-refractivity contribution in [2.24, 2.45) is 5.73 Å². The topological polar surface area (TPSA) is 46.3 Å². The number of thiophene rings is 2. The Morgan fingerprint density at radius 3 is 2.81 bits per heavy atom. The summed E-state index contributed by atoms with van der Waals surface area (Å²) < 4.78 is 1.77. The SMILES string of the molecule is CN(Cc1cc(C#CCN)cs1)C(=O)c1cc(Br)sc1Br. The van der Waals surface area contributed by atoms with Crippen LogP contribution in [0.25, 0.3) is 0 Å². The van der Waals surface area contributed by atoms with Crippen molar-refractivity contribution in [3.05, 3.63) is 41.1 Å². The maximum Gasteiger partial charge on any atom is 0.255 e. The van der Waals surface area contributed by atoms with Gasteiger partial charge in [-0.2, -0.15) is 0 Å². The largest absolute Gasteiger partial charge is 0.337 e. The van der Waals surface area contributed by atoms with Gasteiger partial charge < -0.3 is 10.6 Å². The molecule has 0 atom stereocenters. The van der Waals surface area contributed by atoms with E-state index in [-0.39, 0.29) is 5.91 Å². The number of carbonyl (C=O) groups excluding carboxylic acids is 1. The molecule has 0 radical (unpaired) electrons. The quantitative estimate of drug-likeness (QED) is 0.724. The molecule has 21 heavy (non-hydrogen) atoms. The summed E-state index contributed by atoms with van der Waals surface area (Å²) in [6, 6.07) is 3.83. The number of rotatable bonds is 3. The zero-order chi connectivity index (χ0) is 15.4. The van der Waals surface area contributed by atoms with Crippen molar-refractivity contribution in [3.63, 3.8) is 0 Å². The highest BCUT2D eigenvalue weighted by atomic mass is 79.9. The van der Waals surface area contributed by atoms with Gasteiger partial charge in [0, 0.05) is 22.9 Å². The number of nitrogens with two attached hydrogens (primary N) is 1. The molecule has 0 aliphatic heterocycles. The van der Waals surface area contributed by atoms with Gasteiger partial charge in [0.25, 0.3) is 5.91 Å². The molecule has 0 aliphatic carbocycles. The standard InChI is InChI=1S/C14H12Br2N2OS2/c1-18(14(19)11-6-12(15)21-13(11)16)7-10-5-9(8-20-10)3-2-4-17/h5-6,8H,4,7,17H2,1H3. The molecule has 7 heteroatoms. The smallest absolute Gasteiger partial charge is 0.255 e. The molecule has 0 saturated carbocycles. The van der Waals surface area contributed by atoms with E-state index in [1.807, 2.05) is 17.5 Å². The van der Waals surface area contributed by atoms with Crippen LogP contribution >= 0.6 is 54.5 Å². The molecule has 0 fully saturated rings. The van der Waals surface area contributed by atoms with Crippen molar-refractivity contribution in [2.75, 3.05) is 13.6 Å². The number of halogens is 2. The molecule has 3 nitrogen and oxygen atoms in total. The van der Waals surface area contributed by atoms with Gasteiger partial charge in [-0.1, -0.05) is 11.8 Å². The third kappa shape index (κ3) is 4.41. The van der Waals surface area contributed by atoms with Crippen LogP contribution in [0.15, 0.2) is 25.1 Å². The van der Waals surface area contributed by atoms with E-state index in [9.17, 15) is 4.79 Å². The van der Waals surface area contributed by atoms with Gasteiger partial charge in [-0.3, -0.25) is 4.79 Å². The van der Waals surface area contributed by atoms with Crippen LogP contribution in [0.3, 0.4) is 0 Å². The van der Waals surface area contributed by atoms with Crippen molar-refractivity contribution in [2.45, 2.75) is 6.54 Å². The monoisotopic (exact) mass is 446 g/mol. The van der Waals surface area contributed by atoms with Crippen LogP contribution in [0.2, 0.25) is 0 Å². The molecular formula is C14H12Br2N2OS2. The van der Waals surface area contributed by atoms with E-state index in [0.29, 0.717) is 18.7 Å². The van der Waals surface area contributed by atoms with Crippen LogP contribution in [-0.4, -0.2) is 24.4 Å².